The standard InChI is InChI=1S/C13H23N7O2/c1-4-22-13(21)20-7-5-19(6-8-20)12(14-2)15-9-11-17-16-10-18(11)3/h10H,4-9H2,1-3H3,(H,14,15). The maximum atomic E-state index is 11.7. The van der Waals surface area contributed by atoms with Crippen LogP contribution < -0.4 is 5.32 Å². The van der Waals surface area contributed by atoms with Crippen molar-refractivity contribution >= 4 is 12.1 Å². The molecule has 1 aliphatic rings. The van der Waals surface area contributed by atoms with E-state index >= 15 is 0 Å². The van der Waals surface area contributed by atoms with E-state index in [0.29, 0.717) is 26.2 Å². The number of rotatable bonds is 3. The van der Waals surface area contributed by atoms with Crippen LogP contribution in [0.5, 0.6) is 0 Å². The van der Waals surface area contributed by atoms with E-state index in [4.69, 9.17) is 4.74 Å². The predicted molar refractivity (Wildman–Crippen MR) is 81.4 cm³/mol. The van der Waals surface area contributed by atoms with Crippen molar-refractivity contribution in [3.63, 3.8) is 0 Å². The highest BCUT2D eigenvalue weighted by Crippen LogP contribution is 2.04. The Bertz CT molecular complexity index is 520. The Balaban J connectivity index is 1.83. The Hall–Kier alpha value is -2.32. The second kappa shape index (κ2) is 7.62. The Labute approximate surface area is 130 Å². The molecule has 0 spiro atoms. The zero-order valence-corrected chi connectivity index (χ0v) is 13.3. The van der Waals surface area contributed by atoms with E-state index in [1.807, 2.05) is 18.5 Å². The van der Waals surface area contributed by atoms with E-state index in [0.717, 1.165) is 24.9 Å². The minimum atomic E-state index is -0.246. The van der Waals surface area contributed by atoms with E-state index in [-0.39, 0.29) is 6.09 Å². The molecule has 2 heterocycles. The lowest BCUT2D eigenvalue weighted by molar-refractivity contribution is 0.0914. The molecular weight excluding hydrogens is 286 g/mol. The van der Waals surface area contributed by atoms with Crippen LogP contribution in [0, 0.1) is 0 Å². The molecule has 1 fully saturated rings. The molecule has 1 N–H and O–H groups in total. The van der Waals surface area contributed by atoms with E-state index in [1.165, 1.54) is 0 Å². The van der Waals surface area contributed by atoms with Gasteiger partial charge in [-0.25, -0.2) is 4.79 Å². The summed E-state index contributed by atoms with van der Waals surface area (Å²) in [6, 6.07) is 0. The number of hydrogen-bond acceptors (Lipinski definition) is 5. The first-order valence-electron chi connectivity index (χ1n) is 7.35. The Morgan fingerprint density at radius 2 is 2.05 bits per heavy atom. The van der Waals surface area contributed by atoms with Gasteiger partial charge >= 0.3 is 6.09 Å². The van der Waals surface area contributed by atoms with Gasteiger partial charge in [0.05, 0.1) is 13.2 Å². The van der Waals surface area contributed by atoms with E-state index in [1.54, 1.807) is 18.3 Å². The van der Waals surface area contributed by atoms with Crippen molar-refractivity contribution in [1.82, 2.24) is 29.9 Å². The second-order valence-corrected chi connectivity index (χ2v) is 4.93. The van der Waals surface area contributed by atoms with Crippen LogP contribution in [0.25, 0.3) is 0 Å². The van der Waals surface area contributed by atoms with Crippen molar-refractivity contribution in [3.8, 4) is 0 Å². The summed E-state index contributed by atoms with van der Waals surface area (Å²) in [5.74, 6) is 1.64. The normalized spacial score (nSPS) is 15.9. The number of nitrogens with one attached hydrogen (secondary N) is 1. The van der Waals surface area contributed by atoms with Crippen LogP contribution in [0.3, 0.4) is 0 Å². The third-order valence-electron chi connectivity index (χ3n) is 3.53. The first kappa shape index (κ1) is 16.1. The number of aryl methyl sites for hydroxylation is 1. The molecule has 0 unspecified atom stereocenters. The van der Waals surface area contributed by atoms with Crippen molar-refractivity contribution < 1.29 is 9.53 Å². The Morgan fingerprint density at radius 3 is 2.59 bits per heavy atom. The first-order chi connectivity index (χ1) is 10.7. The van der Waals surface area contributed by atoms with Crippen LogP contribution in [0.1, 0.15) is 12.7 Å². The lowest BCUT2D eigenvalue weighted by Crippen LogP contribution is -2.53. The van der Waals surface area contributed by atoms with Gasteiger partial charge in [-0.3, -0.25) is 4.99 Å². The number of aromatic nitrogens is 3. The van der Waals surface area contributed by atoms with Gasteiger partial charge in [-0.15, -0.1) is 10.2 Å². The maximum absolute atomic E-state index is 11.7. The topological polar surface area (TPSA) is 87.9 Å². The van der Waals surface area contributed by atoms with E-state index in [2.05, 4.69) is 25.4 Å². The lowest BCUT2D eigenvalue weighted by Gasteiger charge is -2.35. The zero-order valence-electron chi connectivity index (χ0n) is 13.3. The molecule has 122 valence electrons. The van der Waals surface area contributed by atoms with Gasteiger partial charge in [0.15, 0.2) is 11.8 Å². The minimum Gasteiger partial charge on any atom is -0.450 e. The van der Waals surface area contributed by atoms with Crippen molar-refractivity contribution in [3.05, 3.63) is 12.2 Å². The number of hydrogen-bond donors (Lipinski definition) is 1. The molecule has 9 nitrogen and oxygen atoms in total. The molecule has 1 aliphatic heterocycles. The quantitative estimate of drug-likeness (QED) is 0.607. The number of carbonyl (C=O) groups is 1. The van der Waals surface area contributed by atoms with E-state index in [9.17, 15) is 4.79 Å². The average Bonchev–Trinajstić information content (AvgIpc) is 2.94. The summed E-state index contributed by atoms with van der Waals surface area (Å²) in [6.07, 6.45) is 1.42. The molecule has 0 aliphatic carbocycles. The molecule has 1 saturated heterocycles. The number of guanidine groups is 1. The summed E-state index contributed by atoms with van der Waals surface area (Å²) in [5, 5.41) is 11.1. The highest BCUT2D eigenvalue weighted by Gasteiger charge is 2.23. The average molecular weight is 309 g/mol. The Kier molecular flexibility index (Phi) is 5.56. The largest absolute Gasteiger partial charge is 0.450 e. The zero-order chi connectivity index (χ0) is 15.9. The maximum Gasteiger partial charge on any atom is 0.409 e. The second-order valence-electron chi connectivity index (χ2n) is 4.93. The SMILES string of the molecule is CCOC(=O)N1CCN(C(=NC)NCc2nncn2C)CC1. The van der Waals surface area contributed by atoms with Gasteiger partial charge in [0.1, 0.15) is 6.33 Å². The molecular formula is C13H23N7O2. The highest BCUT2D eigenvalue weighted by atomic mass is 16.6. The summed E-state index contributed by atoms with van der Waals surface area (Å²) in [6.45, 7) is 5.47. The number of nitrogens with zero attached hydrogens (tertiary/aromatic N) is 6. The summed E-state index contributed by atoms with van der Waals surface area (Å²) >= 11 is 0. The fraction of sp³-hybridized carbons (Fsp3) is 0.692. The molecule has 1 aromatic rings. The molecule has 1 aromatic heterocycles. The van der Waals surface area contributed by atoms with Crippen molar-refractivity contribution in [2.24, 2.45) is 12.0 Å². The van der Waals surface area contributed by atoms with Crippen LogP contribution in [0.4, 0.5) is 4.79 Å². The summed E-state index contributed by atoms with van der Waals surface area (Å²) in [5.41, 5.74) is 0. The highest BCUT2D eigenvalue weighted by molar-refractivity contribution is 5.80. The summed E-state index contributed by atoms with van der Waals surface area (Å²) in [7, 11) is 3.65. The van der Waals surface area contributed by atoms with Crippen molar-refractivity contribution in [2.45, 2.75) is 13.5 Å². The third-order valence-corrected chi connectivity index (χ3v) is 3.53. The van der Waals surface area contributed by atoms with Gasteiger partial charge in [0.25, 0.3) is 0 Å². The number of aliphatic imine (C=N–C) groups is 1. The fourth-order valence-corrected chi connectivity index (χ4v) is 2.27. The minimum absolute atomic E-state index is 0.246. The summed E-state index contributed by atoms with van der Waals surface area (Å²) < 4.78 is 6.88. The van der Waals surface area contributed by atoms with Gasteiger partial charge in [-0.2, -0.15) is 0 Å². The van der Waals surface area contributed by atoms with Gasteiger partial charge in [-0.05, 0) is 6.92 Å². The van der Waals surface area contributed by atoms with Gasteiger partial charge in [-0.1, -0.05) is 0 Å². The van der Waals surface area contributed by atoms with Gasteiger partial charge in [0, 0.05) is 40.3 Å². The number of ether oxygens (including phenoxy) is 1. The van der Waals surface area contributed by atoms with Gasteiger partial charge in [0.2, 0.25) is 0 Å². The molecule has 9 heteroatoms. The molecule has 1 amide bonds. The molecule has 0 aromatic carbocycles. The van der Waals surface area contributed by atoms with Crippen molar-refractivity contribution in [2.75, 3.05) is 39.8 Å². The monoisotopic (exact) mass is 309 g/mol. The predicted octanol–water partition coefficient (Wildman–Crippen LogP) is -0.335. The number of piperazine rings is 1. The molecule has 0 saturated carbocycles. The molecule has 0 bridgehead atoms. The van der Waals surface area contributed by atoms with Crippen LogP contribution >= 0.6 is 0 Å². The van der Waals surface area contributed by atoms with Crippen LogP contribution in [-0.2, 0) is 18.3 Å². The summed E-state index contributed by atoms with van der Waals surface area (Å²) in [4.78, 5) is 19.8. The smallest absolute Gasteiger partial charge is 0.409 e. The lowest BCUT2D eigenvalue weighted by atomic mass is 10.3. The third kappa shape index (κ3) is 3.86. The molecule has 0 radical (unpaired) electrons. The van der Waals surface area contributed by atoms with Crippen LogP contribution in [0.15, 0.2) is 11.3 Å². The van der Waals surface area contributed by atoms with Crippen LogP contribution in [0.2, 0.25) is 0 Å². The van der Waals surface area contributed by atoms with Gasteiger partial charge < -0.3 is 24.4 Å². The molecule has 22 heavy (non-hydrogen) atoms. The molecule has 2 rings (SSSR count). The first-order valence-corrected chi connectivity index (χ1v) is 7.35. The number of amides is 1. The Morgan fingerprint density at radius 1 is 1.36 bits per heavy atom. The van der Waals surface area contributed by atoms with Crippen molar-refractivity contribution in [1.29, 1.82) is 0 Å². The van der Waals surface area contributed by atoms with Crippen LogP contribution in [-0.4, -0.2) is 76.5 Å². The number of carbonyl (C=O) groups excluding carboxylic acids is 1. The molecule has 0 atom stereocenters. The van der Waals surface area contributed by atoms with E-state index < -0.39 is 0 Å². The fourth-order valence-electron chi connectivity index (χ4n) is 2.27.